The maximum Gasteiger partial charge on any atom is 0.408 e. The molecular formula is C38H60F2N2O9Si. The molecule has 0 saturated carbocycles. The Bertz CT molecular complexity index is 1420. The Balaban J connectivity index is 0.000000534. The van der Waals surface area contributed by atoms with Crippen LogP contribution >= 0.6 is 0 Å². The van der Waals surface area contributed by atoms with Crippen LogP contribution in [0.4, 0.5) is 18.4 Å². The predicted molar refractivity (Wildman–Crippen MR) is 200 cm³/mol. The molecule has 0 bridgehead atoms. The molecule has 0 saturated heterocycles. The van der Waals surface area contributed by atoms with E-state index < -0.39 is 50.6 Å². The highest BCUT2D eigenvalue weighted by Crippen LogP contribution is 2.36. The minimum atomic E-state index is -3.16. The first kappa shape index (κ1) is 46.3. The van der Waals surface area contributed by atoms with Gasteiger partial charge in [0.2, 0.25) is 0 Å². The standard InChI is InChI=1S/C22H37NO5Si.C16H23F2NO4/c1-21(2,3)28-20(25)23-16-18(24)15-17-11-9-10-12-19(17)26-13-14-27-29(7,8)22(4,5)6;1-15(2,3)23-14(21)19-11-16(17,18)10-12-6-4-5-7-13(12)22-9-8-20/h9-12H,13-16H2,1-8H3,(H,23,25);4-7,20H,8-11H2,1-3H3,(H,19,21). The molecule has 0 fully saturated rings. The van der Waals surface area contributed by atoms with Gasteiger partial charge in [0.05, 0.1) is 26.3 Å². The van der Waals surface area contributed by atoms with Crippen LogP contribution in [0.5, 0.6) is 11.5 Å². The number of ether oxygens (including phenoxy) is 4. The number of alkyl carbamates (subject to hydrolysis) is 2. The van der Waals surface area contributed by atoms with Gasteiger partial charge in [0.25, 0.3) is 5.92 Å². The quantitative estimate of drug-likeness (QED) is 0.117. The average Bonchev–Trinajstić information content (AvgIpc) is 2.99. The summed E-state index contributed by atoms with van der Waals surface area (Å²) in [6, 6.07) is 13.8. The van der Waals surface area contributed by atoms with Gasteiger partial charge >= 0.3 is 12.2 Å². The third kappa shape index (κ3) is 19.7. The molecule has 3 N–H and O–H groups in total. The molecule has 294 valence electrons. The Morgan fingerprint density at radius 1 is 0.712 bits per heavy atom. The number of rotatable bonds is 16. The molecule has 0 aliphatic rings. The van der Waals surface area contributed by atoms with E-state index in [0.29, 0.717) is 30.3 Å². The van der Waals surface area contributed by atoms with Gasteiger partial charge in [-0.3, -0.25) is 4.79 Å². The van der Waals surface area contributed by atoms with Crippen LogP contribution in [0.3, 0.4) is 0 Å². The topological polar surface area (TPSA) is 142 Å². The Morgan fingerprint density at radius 2 is 1.19 bits per heavy atom. The molecule has 2 aromatic carbocycles. The van der Waals surface area contributed by atoms with E-state index in [1.807, 2.05) is 24.3 Å². The van der Waals surface area contributed by atoms with Crippen molar-refractivity contribution >= 4 is 26.3 Å². The molecule has 2 aromatic rings. The van der Waals surface area contributed by atoms with Crippen molar-refractivity contribution in [3.8, 4) is 11.5 Å². The summed E-state index contributed by atoms with van der Waals surface area (Å²) >= 11 is 0. The fourth-order valence-electron chi connectivity index (χ4n) is 4.02. The van der Waals surface area contributed by atoms with E-state index in [1.54, 1.807) is 59.7 Å². The van der Waals surface area contributed by atoms with Gasteiger partial charge in [-0.25, -0.2) is 18.4 Å². The maximum atomic E-state index is 14.0. The number of ketones is 1. The minimum Gasteiger partial charge on any atom is -0.491 e. The summed E-state index contributed by atoms with van der Waals surface area (Å²) in [5, 5.41) is 13.5. The Morgan fingerprint density at radius 3 is 1.71 bits per heavy atom. The Hall–Kier alpha value is -3.75. The number of carbonyl (C=O) groups excluding carboxylic acids is 3. The zero-order chi connectivity index (χ0) is 39.8. The zero-order valence-corrected chi connectivity index (χ0v) is 33.7. The maximum absolute atomic E-state index is 14.0. The molecule has 52 heavy (non-hydrogen) atoms. The monoisotopic (exact) mass is 754 g/mol. The molecule has 14 heteroatoms. The van der Waals surface area contributed by atoms with Crippen LogP contribution in [-0.4, -0.2) is 88.0 Å². The third-order valence-electron chi connectivity index (χ3n) is 7.46. The van der Waals surface area contributed by atoms with Crippen molar-refractivity contribution in [2.45, 2.75) is 110 Å². The van der Waals surface area contributed by atoms with Crippen LogP contribution in [-0.2, 0) is 31.5 Å². The number of aliphatic hydroxyl groups is 1. The van der Waals surface area contributed by atoms with Crippen LogP contribution in [0, 0.1) is 0 Å². The highest BCUT2D eigenvalue weighted by Gasteiger charge is 2.37. The van der Waals surface area contributed by atoms with E-state index in [9.17, 15) is 23.2 Å². The van der Waals surface area contributed by atoms with Crippen LogP contribution in [0.15, 0.2) is 48.5 Å². The molecule has 0 aromatic heterocycles. The lowest BCUT2D eigenvalue weighted by molar-refractivity contribution is -0.117. The Labute approximate surface area is 309 Å². The molecule has 0 radical (unpaired) electrons. The summed E-state index contributed by atoms with van der Waals surface area (Å²) < 4.78 is 55.4. The van der Waals surface area contributed by atoms with E-state index in [-0.39, 0.29) is 37.0 Å². The lowest BCUT2D eigenvalue weighted by Gasteiger charge is -2.36. The first-order valence-electron chi connectivity index (χ1n) is 17.3. The van der Waals surface area contributed by atoms with Gasteiger partial charge in [-0.2, -0.15) is 0 Å². The van der Waals surface area contributed by atoms with Crippen molar-refractivity contribution in [3.63, 3.8) is 0 Å². The number of hydrogen-bond donors (Lipinski definition) is 3. The van der Waals surface area contributed by atoms with Crippen LogP contribution < -0.4 is 20.1 Å². The van der Waals surface area contributed by atoms with Crippen molar-refractivity contribution in [1.82, 2.24) is 10.6 Å². The number of carbonyl (C=O) groups is 3. The molecule has 2 amide bonds. The summed E-state index contributed by atoms with van der Waals surface area (Å²) in [6.45, 7) is 21.1. The van der Waals surface area contributed by atoms with Crippen LogP contribution in [0.2, 0.25) is 18.1 Å². The largest absolute Gasteiger partial charge is 0.491 e. The molecule has 0 atom stereocenters. The number of aliphatic hydroxyl groups excluding tert-OH is 1. The summed E-state index contributed by atoms with van der Waals surface area (Å²) in [4.78, 5) is 35.4. The molecule has 0 spiro atoms. The number of nitrogens with one attached hydrogen (secondary N) is 2. The number of benzene rings is 2. The number of alkyl halides is 2. The average molecular weight is 755 g/mol. The smallest absolute Gasteiger partial charge is 0.408 e. The van der Waals surface area contributed by atoms with E-state index in [4.69, 9.17) is 28.5 Å². The second-order valence-electron chi connectivity index (χ2n) is 15.7. The van der Waals surface area contributed by atoms with Gasteiger partial charge < -0.3 is 39.1 Å². The summed E-state index contributed by atoms with van der Waals surface area (Å²) in [7, 11) is -1.81. The number of amides is 2. The van der Waals surface area contributed by atoms with E-state index in [0.717, 1.165) is 5.56 Å². The molecule has 11 nitrogen and oxygen atoms in total. The van der Waals surface area contributed by atoms with E-state index in [2.05, 4.69) is 44.5 Å². The fraction of sp³-hybridized carbons (Fsp3) is 0.605. The zero-order valence-electron chi connectivity index (χ0n) is 32.7. The summed E-state index contributed by atoms with van der Waals surface area (Å²) in [6.07, 6.45) is -1.90. The van der Waals surface area contributed by atoms with E-state index in [1.165, 1.54) is 6.07 Å². The summed E-state index contributed by atoms with van der Waals surface area (Å²) in [5.41, 5.74) is -0.253. The molecule has 2 rings (SSSR count). The minimum absolute atomic E-state index is 0.0265. The van der Waals surface area contributed by atoms with Crippen LogP contribution in [0.25, 0.3) is 0 Å². The first-order valence-corrected chi connectivity index (χ1v) is 20.2. The van der Waals surface area contributed by atoms with Crippen molar-refractivity contribution in [2.24, 2.45) is 0 Å². The lowest BCUT2D eigenvalue weighted by atomic mass is 10.1. The third-order valence-corrected chi connectivity index (χ3v) is 12.0. The normalized spacial score (nSPS) is 12.2. The molecule has 0 aliphatic carbocycles. The van der Waals surface area contributed by atoms with E-state index >= 15 is 0 Å². The molecule has 0 unspecified atom stereocenters. The van der Waals surface area contributed by atoms with Crippen molar-refractivity contribution in [3.05, 3.63) is 59.7 Å². The van der Waals surface area contributed by atoms with Gasteiger partial charge in [0.1, 0.15) is 35.9 Å². The van der Waals surface area contributed by atoms with Gasteiger partial charge in [-0.05, 0) is 71.8 Å². The highest BCUT2D eigenvalue weighted by atomic mass is 28.4. The molecule has 0 heterocycles. The predicted octanol–water partition coefficient (Wildman–Crippen LogP) is 7.48. The summed E-state index contributed by atoms with van der Waals surface area (Å²) in [5.74, 6) is -2.32. The second kappa shape index (κ2) is 20.5. The lowest BCUT2D eigenvalue weighted by Crippen LogP contribution is -2.41. The number of para-hydroxylation sites is 2. The van der Waals surface area contributed by atoms with Crippen molar-refractivity contribution < 1.29 is 51.6 Å². The number of halogens is 2. The number of Topliss-reactive ketones (excluding diaryl/α,β-unsaturated/α-hetero) is 1. The SMILES string of the molecule is CC(C)(C)OC(=O)NCC(=O)Cc1ccccc1OCCO[Si](C)(C)C(C)(C)C.CC(C)(C)OC(=O)NCC(F)(F)Cc1ccccc1OCCO. The Kier molecular flexibility index (Phi) is 18.2. The van der Waals surface area contributed by atoms with Crippen LogP contribution in [0.1, 0.15) is 73.4 Å². The van der Waals surface area contributed by atoms with Gasteiger partial charge in [0, 0.05) is 24.0 Å². The second-order valence-corrected chi connectivity index (χ2v) is 20.5. The fourth-order valence-corrected chi connectivity index (χ4v) is 5.05. The van der Waals surface area contributed by atoms with Crippen molar-refractivity contribution in [2.75, 3.05) is 39.5 Å². The van der Waals surface area contributed by atoms with Gasteiger partial charge in [-0.1, -0.05) is 57.2 Å². The molecular weight excluding hydrogens is 695 g/mol. The highest BCUT2D eigenvalue weighted by molar-refractivity contribution is 6.74. The molecule has 0 aliphatic heterocycles. The van der Waals surface area contributed by atoms with Crippen molar-refractivity contribution in [1.29, 1.82) is 0 Å². The van der Waals surface area contributed by atoms with Gasteiger partial charge in [-0.15, -0.1) is 0 Å². The number of hydrogen-bond acceptors (Lipinski definition) is 9. The van der Waals surface area contributed by atoms with Gasteiger partial charge in [0.15, 0.2) is 14.1 Å². The first-order chi connectivity index (χ1) is 23.8.